The summed E-state index contributed by atoms with van der Waals surface area (Å²) >= 11 is 7.11. The Bertz CT molecular complexity index is 432. The van der Waals surface area contributed by atoms with Gasteiger partial charge in [-0.2, -0.15) is 0 Å². The highest BCUT2D eigenvalue weighted by atomic mass is 35.5. The number of thioether (sulfide) groups is 1. The molecule has 0 radical (unpaired) electrons. The Morgan fingerprint density at radius 3 is 2.69 bits per heavy atom. The number of ether oxygens (including phenoxy) is 1. The highest BCUT2D eigenvalue weighted by molar-refractivity contribution is 8.13. The van der Waals surface area contributed by atoms with Crippen LogP contribution in [0.15, 0.2) is 23.2 Å². The van der Waals surface area contributed by atoms with Crippen molar-refractivity contribution in [3.8, 4) is 0 Å². The SMILES string of the molecule is CSC(=Nc1ccc(Cl)cc1C)OC(C)=O. The van der Waals surface area contributed by atoms with Gasteiger partial charge in [-0.1, -0.05) is 23.4 Å². The van der Waals surface area contributed by atoms with Crippen LogP contribution >= 0.6 is 23.4 Å². The van der Waals surface area contributed by atoms with E-state index in [2.05, 4.69) is 4.99 Å². The van der Waals surface area contributed by atoms with Crippen LogP contribution in [0.2, 0.25) is 5.02 Å². The lowest BCUT2D eigenvalue weighted by Gasteiger charge is -2.04. The topological polar surface area (TPSA) is 38.7 Å². The standard InChI is InChI=1S/C11H12ClNO2S/c1-7-6-9(12)4-5-10(7)13-11(16-3)15-8(2)14/h4-6H,1-3H3. The van der Waals surface area contributed by atoms with E-state index in [0.29, 0.717) is 10.3 Å². The number of aryl methyl sites for hydroxylation is 1. The van der Waals surface area contributed by atoms with Gasteiger partial charge in [0.1, 0.15) is 0 Å². The molecule has 0 heterocycles. The normalized spacial score (nSPS) is 11.4. The van der Waals surface area contributed by atoms with E-state index in [1.807, 2.05) is 13.0 Å². The third kappa shape index (κ3) is 3.87. The first-order chi connectivity index (χ1) is 7.52. The molecule has 0 aliphatic heterocycles. The second-order valence-corrected chi connectivity index (χ2v) is 4.30. The molecule has 0 N–H and O–H groups in total. The molecule has 1 rings (SSSR count). The van der Waals surface area contributed by atoms with Crippen molar-refractivity contribution in [2.75, 3.05) is 6.26 Å². The van der Waals surface area contributed by atoms with Crippen LogP contribution in [0.3, 0.4) is 0 Å². The molecule has 86 valence electrons. The molecule has 0 saturated heterocycles. The summed E-state index contributed by atoms with van der Waals surface area (Å²) in [7, 11) is 0. The van der Waals surface area contributed by atoms with Crippen LogP contribution in [-0.4, -0.2) is 17.5 Å². The maximum Gasteiger partial charge on any atom is 0.309 e. The van der Waals surface area contributed by atoms with Crippen LogP contribution in [0, 0.1) is 6.92 Å². The largest absolute Gasteiger partial charge is 0.401 e. The zero-order chi connectivity index (χ0) is 12.1. The molecule has 0 aliphatic carbocycles. The fourth-order valence-electron chi connectivity index (χ4n) is 1.08. The molecule has 1 aromatic carbocycles. The predicted molar refractivity (Wildman–Crippen MR) is 68.6 cm³/mol. The summed E-state index contributed by atoms with van der Waals surface area (Å²) in [6.07, 6.45) is 1.80. The summed E-state index contributed by atoms with van der Waals surface area (Å²) in [5.74, 6) is -0.375. The Hall–Kier alpha value is -1.00. The number of hydrogen-bond acceptors (Lipinski definition) is 4. The van der Waals surface area contributed by atoms with Gasteiger partial charge >= 0.3 is 5.97 Å². The Labute approximate surface area is 104 Å². The van der Waals surface area contributed by atoms with Crippen molar-refractivity contribution in [3.63, 3.8) is 0 Å². The van der Waals surface area contributed by atoms with Gasteiger partial charge in [-0.15, -0.1) is 0 Å². The van der Waals surface area contributed by atoms with Crippen molar-refractivity contribution in [3.05, 3.63) is 28.8 Å². The molecular formula is C11H12ClNO2S. The second kappa shape index (κ2) is 5.92. The minimum absolute atomic E-state index is 0.331. The van der Waals surface area contributed by atoms with E-state index in [0.717, 1.165) is 11.3 Å². The van der Waals surface area contributed by atoms with Crippen molar-refractivity contribution in [1.29, 1.82) is 0 Å². The van der Waals surface area contributed by atoms with Crippen molar-refractivity contribution < 1.29 is 9.53 Å². The molecule has 1 aromatic rings. The van der Waals surface area contributed by atoms with Gasteiger partial charge in [-0.3, -0.25) is 4.79 Å². The van der Waals surface area contributed by atoms with Crippen LogP contribution in [0.1, 0.15) is 12.5 Å². The lowest BCUT2D eigenvalue weighted by atomic mass is 10.2. The molecule has 0 spiro atoms. The summed E-state index contributed by atoms with van der Waals surface area (Å²) in [6, 6.07) is 5.35. The molecule has 5 heteroatoms. The summed E-state index contributed by atoms with van der Waals surface area (Å²) in [4.78, 5) is 15.0. The zero-order valence-electron chi connectivity index (χ0n) is 9.28. The maximum atomic E-state index is 10.8. The first-order valence-electron chi connectivity index (χ1n) is 4.60. The van der Waals surface area contributed by atoms with E-state index in [-0.39, 0.29) is 5.97 Å². The van der Waals surface area contributed by atoms with E-state index in [9.17, 15) is 4.79 Å². The van der Waals surface area contributed by atoms with Crippen molar-refractivity contribution in [2.24, 2.45) is 4.99 Å². The quantitative estimate of drug-likeness (QED) is 0.439. The molecule has 0 unspecified atom stereocenters. The molecule has 0 bridgehead atoms. The van der Waals surface area contributed by atoms with E-state index in [1.165, 1.54) is 18.7 Å². The molecule has 0 saturated carbocycles. The minimum atomic E-state index is -0.375. The maximum absolute atomic E-state index is 10.8. The number of esters is 1. The summed E-state index contributed by atoms with van der Waals surface area (Å²) in [5.41, 5.74) is 1.68. The Balaban J connectivity index is 2.99. The van der Waals surface area contributed by atoms with Crippen LogP contribution in [-0.2, 0) is 9.53 Å². The number of carbonyl (C=O) groups excluding carboxylic acids is 1. The zero-order valence-corrected chi connectivity index (χ0v) is 10.9. The van der Waals surface area contributed by atoms with Crippen molar-refractivity contribution in [2.45, 2.75) is 13.8 Å². The molecule has 0 aliphatic rings. The first kappa shape index (κ1) is 13.1. The van der Waals surface area contributed by atoms with Crippen LogP contribution in [0.25, 0.3) is 0 Å². The predicted octanol–water partition coefficient (Wildman–Crippen LogP) is 3.56. The monoisotopic (exact) mass is 257 g/mol. The first-order valence-corrected chi connectivity index (χ1v) is 6.20. The van der Waals surface area contributed by atoms with E-state index in [1.54, 1.807) is 18.4 Å². The van der Waals surface area contributed by atoms with Gasteiger partial charge in [-0.25, -0.2) is 4.99 Å². The summed E-state index contributed by atoms with van der Waals surface area (Å²) < 4.78 is 4.93. The van der Waals surface area contributed by atoms with E-state index >= 15 is 0 Å². The van der Waals surface area contributed by atoms with Gasteiger partial charge < -0.3 is 4.74 Å². The molecule has 0 atom stereocenters. The average Bonchev–Trinajstić information content (AvgIpc) is 2.20. The van der Waals surface area contributed by atoms with E-state index in [4.69, 9.17) is 16.3 Å². The Morgan fingerprint density at radius 2 is 2.19 bits per heavy atom. The van der Waals surface area contributed by atoms with Crippen LogP contribution in [0.4, 0.5) is 5.69 Å². The molecule has 16 heavy (non-hydrogen) atoms. The molecule has 3 nitrogen and oxygen atoms in total. The number of nitrogens with zero attached hydrogens (tertiary/aromatic N) is 1. The van der Waals surface area contributed by atoms with Gasteiger partial charge in [0.05, 0.1) is 5.69 Å². The fourth-order valence-corrected chi connectivity index (χ4v) is 1.69. The number of halogens is 1. The molecule has 0 amide bonds. The Kier molecular flexibility index (Phi) is 4.83. The number of rotatable bonds is 1. The number of hydrogen-bond donors (Lipinski definition) is 0. The molecule has 0 fully saturated rings. The van der Waals surface area contributed by atoms with Crippen molar-refractivity contribution in [1.82, 2.24) is 0 Å². The lowest BCUT2D eigenvalue weighted by Crippen LogP contribution is -2.04. The second-order valence-electron chi connectivity index (χ2n) is 3.11. The fraction of sp³-hybridized carbons (Fsp3) is 0.273. The third-order valence-corrected chi connectivity index (χ3v) is 2.54. The van der Waals surface area contributed by atoms with Gasteiger partial charge in [0, 0.05) is 11.9 Å². The highest BCUT2D eigenvalue weighted by Crippen LogP contribution is 2.23. The van der Waals surface area contributed by atoms with Gasteiger partial charge in [-0.05, 0) is 36.9 Å². The molecular weight excluding hydrogens is 246 g/mol. The smallest absolute Gasteiger partial charge is 0.309 e. The van der Waals surface area contributed by atoms with Crippen molar-refractivity contribution >= 4 is 40.2 Å². The van der Waals surface area contributed by atoms with Gasteiger partial charge in [0.25, 0.3) is 5.23 Å². The minimum Gasteiger partial charge on any atom is -0.401 e. The van der Waals surface area contributed by atoms with E-state index < -0.39 is 0 Å². The van der Waals surface area contributed by atoms with Crippen LogP contribution < -0.4 is 0 Å². The average molecular weight is 258 g/mol. The lowest BCUT2D eigenvalue weighted by molar-refractivity contribution is -0.132. The third-order valence-electron chi connectivity index (χ3n) is 1.78. The van der Waals surface area contributed by atoms with Crippen LogP contribution in [0.5, 0.6) is 0 Å². The molecule has 0 aromatic heterocycles. The summed E-state index contributed by atoms with van der Waals surface area (Å²) in [6.45, 7) is 3.25. The number of carbonyl (C=O) groups is 1. The van der Waals surface area contributed by atoms with Gasteiger partial charge in [0.2, 0.25) is 0 Å². The Morgan fingerprint density at radius 1 is 1.50 bits per heavy atom. The summed E-state index contributed by atoms with van der Waals surface area (Å²) in [5, 5.41) is 0.993. The number of aliphatic imine (C=N–C) groups is 1. The number of benzene rings is 1. The highest BCUT2D eigenvalue weighted by Gasteiger charge is 2.04. The van der Waals surface area contributed by atoms with Gasteiger partial charge in [0.15, 0.2) is 0 Å².